The van der Waals surface area contributed by atoms with Crippen LogP contribution in [0.15, 0.2) is 11.1 Å². The molecule has 0 amide bonds. The van der Waals surface area contributed by atoms with E-state index in [4.69, 9.17) is 4.74 Å². The topological polar surface area (TPSA) is 222 Å². The SMILES string of the molecule is CCC1CNc2nc(=O)c3[nH]cnc3n21.COP(=O)([O-])OC[C@H]1OC(O)C[C@H]1OP(=O)([O-])OC. The Bertz CT molecular complexity index is 1140. The lowest BCUT2D eigenvalue weighted by Gasteiger charge is -2.28. The largest absolute Gasteiger partial charge is 0.756 e. The van der Waals surface area contributed by atoms with Crippen LogP contribution in [0.5, 0.6) is 0 Å². The molecule has 16 nitrogen and oxygen atoms in total. The van der Waals surface area contributed by atoms with Gasteiger partial charge in [-0.15, -0.1) is 0 Å². The summed E-state index contributed by atoms with van der Waals surface area (Å²) < 4.78 is 46.2. The van der Waals surface area contributed by atoms with Crippen LogP contribution < -0.4 is 20.7 Å². The monoisotopic (exact) mass is 525 g/mol. The van der Waals surface area contributed by atoms with E-state index in [1.807, 2.05) is 4.57 Å². The normalized spacial score (nSPS) is 27.4. The average Bonchev–Trinajstić information content (AvgIpc) is 3.50. The number of hydrogen-bond acceptors (Lipinski definition) is 14. The van der Waals surface area contributed by atoms with Gasteiger partial charge in [-0.3, -0.25) is 18.5 Å². The molecule has 2 aliphatic heterocycles. The molecule has 1 fully saturated rings. The third-order valence-electron chi connectivity index (χ3n) is 5.12. The summed E-state index contributed by atoms with van der Waals surface area (Å²) >= 11 is 0. The minimum Gasteiger partial charge on any atom is -0.756 e. The summed E-state index contributed by atoms with van der Waals surface area (Å²) in [5.74, 6) is 0.631. The first-order valence-electron chi connectivity index (χ1n) is 10.1. The lowest BCUT2D eigenvalue weighted by atomic mass is 10.2. The van der Waals surface area contributed by atoms with Crippen LogP contribution in [-0.2, 0) is 32.0 Å². The first-order valence-corrected chi connectivity index (χ1v) is 13.0. The van der Waals surface area contributed by atoms with E-state index in [1.54, 1.807) is 0 Å². The van der Waals surface area contributed by atoms with Gasteiger partial charge >= 0.3 is 5.56 Å². The van der Waals surface area contributed by atoms with Gasteiger partial charge in [0.25, 0.3) is 15.6 Å². The molecule has 2 aliphatic rings. The number of H-pyrrole nitrogens is 1. The van der Waals surface area contributed by atoms with E-state index in [0.717, 1.165) is 27.2 Å². The van der Waals surface area contributed by atoms with E-state index in [-0.39, 0.29) is 12.0 Å². The van der Waals surface area contributed by atoms with E-state index in [2.05, 4.69) is 45.3 Å². The lowest BCUT2D eigenvalue weighted by molar-refractivity contribution is -0.232. The molecule has 2 aromatic heterocycles. The summed E-state index contributed by atoms with van der Waals surface area (Å²) in [4.78, 5) is 44.6. The number of aliphatic hydroxyl groups excluding tert-OH is 1. The Balaban J connectivity index is 0.000000195. The van der Waals surface area contributed by atoms with Crippen LogP contribution in [0.3, 0.4) is 0 Å². The molecule has 0 saturated carbocycles. The fraction of sp³-hybridized carbons (Fsp3) is 0.688. The molecule has 0 spiro atoms. The van der Waals surface area contributed by atoms with E-state index >= 15 is 0 Å². The number of fused-ring (bicyclic) bond motifs is 3. The van der Waals surface area contributed by atoms with Crippen molar-refractivity contribution in [3.8, 4) is 0 Å². The highest BCUT2D eigenvalue weighted by molar-refractivity contribution is 7.46. The van der Waals surface area contributed by atoms with Gasteiger partial charge in [0, 0.05) is 27.2 Å². The molecular weight excluding hydrogens is 500 g/mol. The molecule has 4 rings (SSSR count). The smallest absolute Gasteiger partial charge is 0.300 e. The number of rotatable bonds is 8. The van der Waals surface area contributed by atoms with Gasteiger partial charge in [-0.1, -0.05) is 6.92 Å². The summed E-state index contributed by atoms with van der Waals surface area (Å²) in [6.45, 7) is 2.37. The Kier molecular flexibility index (Phi) is 8.63. The van der Waals surface area contributed by atoms with Gasteiger partial charge in [0.15, 0.2) is 17.5 Å². The van der Waals surface area contributed by atoms with Gasteiger partial charge in [0.2, 0.25) is 5.95 Å². The molecule has 2 aromatic rings. The number of anilines is 1. The van der Waals surface area contributed by atoms with Crippen molar-refractivity contribution in [1.82, 2.24) is 19.5 Å². The van der Waals surface area contributed by atoms with Crippen molar-refractivity contribution in [3.05, 3.63) is 16.7 Å². The molecule has 4 unspecified atom stereocenters. The van der Waals surface area contributed by atoms with E-state index in [9.17, 15) is 28.8 Å². The highest BCUT2D eigenvalue weighted by Crippen LogP contribution is 2.43. The number of phosphoric acid groups is 2. The number of aliphatic hydroxyl groups is 1. The van der Waals surface area contributed by atoms with Crippen LogP contribution in [0.2, 0.25) is 0 Å². The van der Waals surface area contributed by atoms with Gasteiger partial charge in [-0.05, 0) is 6.42 Å². The average molecular weight is 525 g/mol. The van der Waals surface area contributed by atoms with Crippen molar-refractivity contribution in [2.75, 3.05) is 32.7 Å². The summed E-state index contributed by atoms with van der Waals surface area (Å²) in [5.41, 5.74) is 0.931. The van der Waals surface area contributed by atoms with Crippen LogP contribution in [-0.4, -0.2) is 70.5 Å². The number of nitrogens with one attached hydrogen (secondary N) is 2. The molecule has 0 aliphatic carbocycles. The fourth-order valence-electron chi connectivity index (χ4n) is 3.41. The standard InChI is InChI=1S/C9H11N5O.C7H16O10P2/c1-2-5-3-10-9-13-8(15)6-7(14(5)9)12-4-11-6;1-13-18(9,10)15-4-6-5(3-7(8)16-6)17-19(11,12)14-2/h4-5H,2-3H2,1H3,(H,11,12)(H,10,13,15);5-8H,3-4H2,1-2H3,(H,9,10)(H,11,12)/p-2/t;5-,6-,7?/m.1/s1. The molecular formula is C16H25N5O11P2-2. The number of aromatic amines is 1. The minimum absolute atomic E-state index is 0.167. The van der Waals surface area contributed by atoms with Crippen LogP contribution in [0.4, 0.5) is 5.95 Å². The fourth-order valence-corrected chi connectivity index (χ4v) is 4.48. The van der Waals surface area contributed by atoms with E-state index in [1.165, 1.54) is 6.33 Å². The number of imidazole rings is 1. The molecule has 6 atom stereocenters. The van der Waals surface area contributed by atoms with Crippen molar-refractivity contribution >= 4 is 32.8 Å². The number of aromatic nitrogens is 4. The Morgan fingerprint density at radius 1 is 1.29 bits per heavy atom. The third-order valence-corrected chi connectivity index (χ3v) is 7.01. The molecule has 18 heteroatoms. The zero-order valence-electron chi connectivity index (χ0n) is 18.5. The highest BCUT2D eigenvalue weighted by atomic mass is 31.2. The predicted molar refractivity (Wildman–Crippen MR) is 112 cm³/mol. The number of hydrogen-bond donors (Lipinski definition) is 3. The first-order chi connectivity index (χ1) is 16.0. The molecule has 0 aromatic carbocycles. The van der Waals surface area contributed by atoms with Gasteiger partial charge in [-0.25, -0.2) is 4.98 Å². The second-order valence-electron chi connectivity index (χ2n) is 7.22. The van der Waals surface area contributed by atoms with Crippen LogP contribution in [0.1, 0.15) is 25.8 Å². The van der Waals surface area contributed by atoms with Crippen molar-refractivity contribution < 1.29 is 46.9 Å². The van der Waals surface area contributed by atoms with Gasteiger partial charge < -0.3 is 48.0 Å². The van der Waals surface area contributed by atoms with Gasteiger partial charge in [0.05, 0.1) is 25.1 Å². The van der Waals surface area contributed by atoms with Crippen molar-refractivity contribution in [2.45, 2.75) is 44.3 Å². The van der Waals surface area contributed by atoms with Crippen molar-refractivity contribution in [1.29, 1.82) is 0 Å². The predicted octanol–water partition coefficient (Wildman–Crippen LogP) is -0.779. The highest BCUT2D eigenvalue weighted by Gasteiger charge is 2.38. The molecule has 4 heterocycles. The van der Waals surface area contributed by atoms with Crippen molar-refractivity contribution in [3.63, 3.8) is 0 Å². The maximum Gasteiger partial charge on any atom is 0.300 e. The summed E-state index contributed by atoms with van der Waals surface area (Å²) in [6.07, 6.45) is -1.14. The zero-order chi connectivity index (χ0) is 25.1. The van der Waals surface area contributed by atoms with Crippen LogP contribution in [0, 0.1) is 0 Å². The van der Waals surface area contributed by atoms with Crippen LogP contribution in [0.25, 0.3) is 11.2 Å². The molecule has 0 bridgehead atoms. The molecule has 0 radical (unpaired) electrons. The Morgan fingerprint density at radius 2 is 2.00 bits per heavy atom. The Morgan fingerprint density at radius 3 is 2.65 bits per heavy atom. The second kappa shape index (κ2) is 10.9. The van der Waals surface area contributed by atoms with Gasteiger partial charge in [-0.2, -0.15) is 4.98 Å². The Hall–Kier alpha value is -1.71. The number of phosphoric ester groups is 2. The lowest BCUT2D eigenvalue weighted by Crippen LogP contribution is -2.30. The molecule has 3 N–H and O–H groups in total. The molecule has 192 valence electrons. The summed E-state index contributed by atoms with van der Waals surface area (Å²) in [7, 11) is -7.20. The summed E-state index contributed by atoms with van der Waals surface area (Å²) in [6, 6.07) is 0.332. The number of nitrogens with zero attached hydrogens (tertiary/aromatic N) is 3. The summed E-state index contributed by atoms with van der Waals surface area (Å²) in [5, 5.41) is 12.4. The molecule has 34 heavy (non-hydrogen) atoms. The number of ether oxygens (including phenoxy) is 1. The first kappa shape index (κ1) is 26.9. The third kappa shape index (κ3) is 6.29. The van der Waals surface area contributed by atoms with Crippen LogP contribution >= 0.6 is 15.6 Å². The Labute approximate surface area is 193 Å². The zero-order valence-corrected chi connectivity index (χ0v) is 20.3. The second-order valence-corrected chi connectivity index (χ2v) is 10.2. The maximum atomic E-state index is 11.6. The quantitative estimate of drug-likeness (QED) is 0.360. The minimum atomic E-state index is -4.53. The molecule has 1 saturated heterocycles. The maximum absolute atomic E-state index is 11.6. The van der Waals surface area contributed by atoms with E-state index in [0.29, 0.717) is 23.2 Å². The van der Waals surface area contributed by atoms with Crippen molar-refractivity contribution in [2.24, 2.45) is 0 Å². The van der Waals surface area contributed by atoms with E-state index < -0.39 is 40.8 Å². The van der Waals surface area contributed by atoms with Gasteiger partial charge in [0.1, 0.15) is 6.10 Å².